The largest absolute Gasteiger partial charge is 0.335 e. The molecule has 3 aromatic rings. The van der Waals surface area contributed by atoms with Crippen LogP contribution in [0.3, 0.4) is 0 Å². The maximum atomic E-state index is 13.2. The molecule has 1 aromatic carbocycles. The molecule has 2 saturated heterocycles. The average Bonchev–Trinajstić information content (AvgIpc) is 3.45. The molecule has 7 nitrogen and oxygen atoms in total. The fourth-order valence-corrected chi connectivity index (χ4v) is 7.59. The minimum absolute atomic E-state index is 0.0613. The van der Waals surface area contributed by atoms with E-state index in [4.69, 9.17) is 5.10 Å². The van der Waals surface area contributed by atoms with Crippen LogP contribution in [0.2, 0.25) is 0 Å². The van der Waals surface area contributed by atoms with Crippen molar-refractivity contribution in [1.29, 1.82) is 0 Å². The molecule has 2 aliphatic heterocycles. The lowest BCUT2D eigenvalue weighted by Gasteiger charge is -2.37. The Morgan fingerprint density at radius 1 is 1.12 bits per heavy atom. The SMILES string of the molecule is Cc1ccc(Cn2nc(C)c3cc(C(=O)N4CCN(C5CCS(=O)(=O)C5)CC4)sc32)cc1. The van der Waals surface area contributed by atoms with Crippen molar-refractivity contribution in [3.63, 3.8) is 0 Å². The van der Waals surface area contributed by atoms with Gasteiger partial charge in [0.15, 0.2) is 9.84 Å². The van der Waals surface area contributed by atoms with Crippen LogP contribution in [0.4, 0.5) is 0 Å². The molecule has 9 heteroatoms. The summed E-state index contributed by atoms with van der Waals surface area (Å²) >= 11 is 1.51. The molecule has 1 amide bonds. The molecular weight excluding hydrogens is 444 g/mol. The van der Waals surface area contributed by atoms with Crippen LogP contribution < -0.4 is 0 Å². The lowest BCUT2D eigenvalue weighted by Crippen LogP contribution is -2.52. The van der Waals surface area contributed by atoms with Crippen LogP contribution in [-0.4, -0.2) is 77.6 Å². The van der Waals surface area contributed by atoms with Crippen LogP contribution in [0.25, 0.3) is 10.2 Å². The van der Waals surface area contributed by atoms with Gasteiger partial charge in [-0.3, -0.25) is 14.4 Å². The Morgan fingerprint density at radius 3 is 2.50 bits per heavy atom. The van der Waals surface area contributed by atoms with Crippen LogP contribution in [0.5, 0.6) is 0 Å². The number of rotatable bonds is 4. The van der Waals surface area contributed by atoms with Crippen molar-refractivity contribution in [2.75, 3.05) is 37.7 Å². The quantitative estimate of drug-likeness (QED) is 0.584. The van der Waals surface area contributed by atoms with E-state index in [1.54, 1.807) is 0 Å². The number of sulfone groups is 1. The molecule has 2 aromatic heterocycles. The maximum absolute atomic E-state index is 13.2. The van der Waals surface area contributed by atoms with Gasteiger partial charge in [0.05, 0.1) is 28.6 Å². The molecule has 0 aliphatic carbocycles. The second kappa shape index (κ2) is 8.28. The van der Waals surface area contributed by atoms with Gasteiger partial charge in [-0.05, 0) is 31.9 Å². The number of hydrogen-bond acceptors (Lipinski definition) is 6. The number of amides is 1. The molecule has 5 rings (SSSR count). The Bertz CT molecular complexity index is 1250. The number of aromatic nitrogens is 2. The van der Waals surface area contributed by atoms with Crippen molar-refractivity contribution < 1.29 is 13.2 Å². The van der Waals surface area contributed by atoms with Gasteiger partial charge in [-0.1, -0.05) is 29.8 Å². The van der Waals surface area contributed by atoms with Crippen LogP contribution in [0, 0.1) is 13.8 Å². The highest BCUT2D eigenvalue weighted by atomic mass is 32.2. The first-order valence-corrected chi connectivity index (χ1v) is 13.7. The van der Waals surface area contributed by atoms with E-state index >= 15 is 0 Å². The molecule has 4 heterocycles. The second-order valence-corrected chi connectivity index (χ2v) is 12.2. The summed E-state index contributed by atoms with van der Waals surface area (Å²) in [5.41, 5.74) is 3.36. The van der Waals surface area contributed by atoms with Crippen LogP contribution in [0.15, 0.2) is 30.3 Å². The maximum Gasteiger partial charge on any atom is 0.264 e. The van der Waals surface area contributed by atoms with E-state index in [-0.39, 0.29) is 23.5 Å². The number of benzene rings is 1. The second-order valence-electron chi connectivity index (χ2n) is 8.94. The minimum atomic E-state index is -2.89. The Balaban J connectivity index is 1.29. The number of aryl methyl sites for hydroxylation is 2. The first-order valence-electron chi connectivity index (χ1n) is 11.1. The number of hydrogen-bond donors (Lipinski definition) is 0. The average molecular weight is 473 g/mol. The summed E-state index contributed by atoms with van der Waals surface area (Å²) in [4.78, 5) is 19.1. The van der Waals surface area contributed by atoms with Gasteiger partial charge in [0, 0.05) is 37.6 Å². The van der Waals surface area contributed by atoms with E-state index in [9.17, 15) is 13.2 Å². The summed E-state index contributed by atoms with van der Waals surface area (Å²) in [6.45, 7) is 7.49. The molecule has 170 valence electrons. The lowest BCUT2D eigenvalue weighted by molar-refractivity contribution is 0.0592. The van der Waals surface area contributed by atoms with Gasteiger partial charge in [-0.2, -0.15) is 5.10 Å². The Hall–Kier alpha value is -2.23. The molecule has 32 heavy (non-hydrogen) atoms. The molecule has 0 saturated carbocycles. The third-order valence-corrected chi connectivity index (χ3v) is 9.48. The van der Waals surface area contributed by atoms with Gasteiger partial charge in [0.2, 0.25) is 0 Å². The molecule has 0 spiro atoms. The first kappa shape index (κ1) is 21.6. The zero-order valence-corrected chi connectivity index (χ0v) is 20.1. The number of carbonyl (C=O) groups excluding carboxylic acids is 1. The summed E-state index contributed by atoms with van der Waals surface area (Å²) in [7, 11) is -2.89. The molecule has 0 bridgehead atoms. The fourth-order valence-electron chi connectivity index (χ4n) is 4.70. The number of nitrogens with zero attached hydrogens (tertiary/aromatic N) is 4. The Kier molecular flexibility index (Phi) is 5.59. The molecule has 2 fully saturated rings. The summed E-state index contributed by atoms with van der Waals surface area (Å²) in [5.74, 6) is 0.608. The molecule has 0 N–H and O–H groups in total. The first-order chi connectivity index (χ1) is 15.3. The zero-order chi connectivity index (χ0) is 22.5. The highest BCUT2D eigenvalue weighted by molar-refractivity contribution is 7.91. The number of piperazine rings is 1. The summed E-state index contributed by atoms with van der Waals surface area (Å²) < 4.78 is 25.6. The molecule has 2 aliphatic rings. The highest BCUT2D eigenvalue weighted by Gasteiger charge is 2.34. The van der Waals surface area contributed by atoms with E-state index in [2.05, 4.69) is 36.1 Å². The third kappa shape index (κ3) is 4.21. The predicted molar refractivity (Wildman–Crippen MR) is 127 cm³/mol. The standard InChI is InChI=1S/C23H28N4O3S2/c1-16-3-5-18(6-4-16)14-27-23-20(17(2)24-27)13-21(31-23)22(28)26-10-8-25(9-11-26)19-7-12-32(29,30)15-19/h3-6,13,19H,7-12,14-15H2,1-2H3. The lowest BCUT2D eigenvalue weighted by atomic mass is 10.1. The molecular formula is C23H28N4O3S2. The summed E-state index contributed by atoms with van der Waals surface area (Å²) in [6.07, 6.45) is 0.712. The number of thiophene rings is 1. The van der Waals surface area contributed by atoms with E-state index < -0.39 is 9.84 Å². The van der Waals surface area contributed by atoms with Gasteiger partial charge >= 0.3 is 0 Å². The van der Waals surface area contributed by atoms with Gasteiger partial charge < -0.3 is 4.90 Å². The molecule has 1 unspecified atom stereocenters. The number of carbonyl (C=O) groups is 1. The number of fused-ring (bicyclic) bond motifs is 1. The summed E-state index contributed by atoms with van der Waals surface area (Å²) in [5, 5.41) is 5.73. The highest BCUT2D eigenvalue weighted by Crippen LogP contribution is 2.30. The van der Waals surface area contributed by atoms with Crippen LogP contribution in [0.1, 0.15) is 32.9 Å². The summed E-state index contributed by atoms with van der Waals surface area (Å²) in [6, 6.07) is 10.5. The van der Waals surface area contributed by atoms with E-state index in [1.165, 1.54) is 22.5 Å². The normalized spacial score (nSPS) is 21.4. The van der Waals surface area contributed by atoms with Crippen LogP contribution in [-0.2, 0) is 16.4 Å². The zero-order valence-electron chi connectivity index (χ0n) is 18.5. The predicted octanol–water partition coefficient (Wildman–Crippen LogP) is 2.71. The smallest absolute Gasteiger partial charge is 0.264 e. The third-order valence-electron chi connectivity index (χ3n) is 6.60. The van der Waals surface area contributed by atoms with E-state index in [0.29, 0.717) is 26.1 Å². The van der Waals surface area contributed by atoms with Gasteiger partial charge in [0.25, 0.3) is 5.91 Å². The van der Waals surface area contributed by atoms with Crippen molar-refractivity contribution >= 4 is 37.3 Å². The molecule has 0 radical (unpaired) electrons. The minimum Gasteiger partial charge on any atom is -0.335 e. The van der Waals surface area contributed by atoms with Gasteiger partial charge in [-0.25, -0.2) is 8.42 Å². The van der Waals surface area contributed by atoms with Gasteiger partial charge in [-0.15, -0.1) is 11.3 Å². The van der Waals surface area contributed by atoms with E-state index in [0.717, 1.165) is 33.9 Å². The fraction of sp³-hybridized carbons (Fsp3) is 0.478. The van der Waals surface area contributed by atoms with Crippen molar-refractivity contribution in [3.05, 3.63) is 52.0 Å². The Morgan fingerprint density at radius 2 is 1.84 bits per heavy atom. The topological polar surface area (TPSA) is 75.5 Å². The van der Waals surface area contributed by atoms with Crippen molar-refractivity contribution in [1.82, 2.24) is 19.6 Å². The van der Waals surface area contributed by atoms with Crippen molar-refractivity contribution in [3.8, 4) is 0 Å². The van der Waals surface area contributed by atoms with Crippen molar-refractivity contribution in [2.45, 2.75) is 32.9 Å². The van der Waals surface area contributed by atoms with Gasteiger partial charge in [0.1, 0.15) is 4.83 Å². The Labute approximate surface area is 192 Å². The molecule has 1 atom stereocenters. The van der Waals surface area contributed by atoms with E-state index in [1.807, 2.05) is 22.6 Å². The van der Waals surface area contributed by atoms with Crippen LogP contribution >= 0.6 is 11.3 Å². The monoisotopic (exact) mass is 472 g/mol. The van der Waals surface area contributed by atoms with Crippen molar-refractivity contribution in [2.24, 2.45) is 0 Å².